The smallest absolute Gasteiger partial charge is 0.336 e. The molecule has 2 amide bonds. The van der Waals surface area contributed by atoms with Crippen LogP contribution in [0.15, 0.2) is 58.1 Å². The van der Waals surface area contributed by atoms with Gasteiger partial charge in [0, 0.05) is 12.1 Å². The van der Waals surface area contributed by atoms with Crippen LogP contribution >= 0.6 is 0 Å². The van der Waals surface area contributed by atoms with Gasteiger partial charge in [0.15, 0.2) is 0 Å². The number of para-hydroxylation sites is 1. The first-order valence-corrected chi connectivity index (χ1v) is 12.3. The Morgan fingerprint density at radius 3 is 2.31 bits per heavy atom. The van der Waals surface area contributed by atoms with Gasteiger partial charge in [0.25, 0.3) is 5.56 Å². The first-order valence-electron chi connectivity index (χ1n) is 12.3. The molecule has 0 aliphatic heterocycles. The van der Waals surface area contributed by atoms with E-state index in [1.807, 2.05) is 13.8 Å². The molecule has 35 heavy (non-hydrogen) atoms. The summed E-state index contributed by atoms with van der Waals surface area (Å²) >= 11 is 0. The Morgan fingerprint density at radius 1 is 0.943 bits per heavy atom. The van der Waals surface area contributed by atoms with E-state index < -0.39 is 11.2 Å². The van der Waals surface area contributed by atoms with Crippen LogP contribution in [-0.2, 0) is 22.6 Å². The lowest BCUT2D eigenvalue weighted by atomic mass is 9.95. The summed E-state index contributed by atoms with van der Waals surface area (Å²) in [5.74, 6) is -0.331. The Bertz CT molecular complexity index is 1330. The molecule has 0 radical (unpaired) electrons. The van der Waals surface area contributed by atoms with Crippen molar-refractivity contribution in [1.82, 2.24) is 19.8 Å². The Balaban J connectivity index is 1.67. The van der Waals surface area contributed by atoms with Gasteiger partial charge in [-0.1, -0.05) is 43.5 Å². The maximum Gasteiger partial charge on any atom is 0.336 e. The highest BCUT2D eigenvalue weighted by Crippen LogP contribution is 2.17. The molecule has 184 valence electrons. The van der Waals surface area contributed by atoms with Crippen molar-refractivity contribution in [3.63, 3.8) is 0 Å². The predicted molar refractivity (Wildman–Crippen MR) is 136 cm³/mol. The first kappa shape index (κ1) is 24.4. The molecular formula is C27H32N4O4. The van der Waals surface area contributed by atoms with Crippen molar-refractivity contribution in [2.45, 2.75) is 71.0 Å². The molecule has 2 aromatic carbocycles. The van der Waals surface area contributed by atoms with Gasteiger partial charge in [-0.3, -0.25) is 19.0 Å². The van der Waals surface area contributed by atoms with Crippen molar-refractivity contribution in [2.24, 2.45) is 0 Å². The largest absolute Gasteiger partial charge is 0.354 e. The van der Waals surface area contributed by atoms with Gasteiger partial charge in [-0.15, -0.1) is 0 Å². The number of aromatic nitrogens is 2. The van der Waals surface area contributed by atoms with Crippen LogP contribution in [0, 0.1) is 0 Å². The van der Waals surface area contributed by atoms with Crippen molar-refractivity contribution in [3.8, 4) is 5.69 Å². The van der Waals surface area contributed by atoms with Crippen molar-refractivity contribution < 1.29 is 9.59 Å². The third-order valence-electron chi connectivity index (χ3n) is 6.33. The Hall–Kier alpha value is -3.68. The van der Waals surface area contributed by atoms with E-state index in [0.717, 1.165) is 35.8 Å². The van der Waals surface area contributed by atoms with Crippen LogP contribution in [0.2, 0.25) is 0 Å². The van der Waals surface area contributed by atoms with Crippen LogP contribution < -0.4 is 21.9 Å². The molecule has 0 bridgehead atoms. The number of carbonyl (C=O) groups excluding carboxylic acids is 2. The number of hydrogen-bond donors (Lipinski definition) is 2. The highest BCUT2D eigenvalue weighted by molar-refractivity contribution is 5.82. The molecular weight excluding hydrogens is 444 g/mol. The fourth-order valence-electron chi connectivity index (χ4n) is 4.69. The molecule has 0 spiro atoms. The number of carbonyl (C=O) groups is 2. The molecule has 1 fully saturated rings. The minimum atomic E-state index is -0.571. The maximum absolute atomic E-state index is 13.5. The normalized spacial score (nSPS) is 14.3. The first-order chi connectivity index (χ1) is 16.8. The summed E-state index contributed by atoms with van der Waals surface area (Å²) in [5.41, 5.74) is 0.574. The summed E-state index contributed by atoms with van der Waals surface area (Å²) in [6.07, 6.45) is 5.46. The van der Waals surface area contributed by atoms with Crippen molar-refractivity contribution >= 4 is 22.7 Å². The summed E-state index contributed by atoms with van der Waals surface area (Å²) in [7, 11) is 0. The molecule has 2 N–H and O–H groups in total. The minimum Gasteiger partial charge on any atom is -0.354 e. The SMILES string of the molecule is CC(C)NC(=O)Cc1ccc(-n2c(=O)c3ccccc3n(CC(=O)NC3CCCCC3)c2=O)cc1. The lowest BCUT2D eigenvalue weighted by molar-refractivity contribution is -0.122. The summed E-state index contributed by atoms with van der Waals surface area (Å²) in [4.78, 5) is 51.7. The Kier molecular flexibility index (Phi) is 7.48. The lowest BCUT2D eigenvalue weighted by Gasteiger charge is -2.23. The quantitative estimate of drug-likeness (QED) is 0.547. The number of benzene rings is 2. The van der Waals surface area contributed by atoms with E-state index in [1.165, 1.54) is 11.0 Å². The molecule has 1 aliphatic carbocycles. The lowest BCUT2D eigenvalue weighted by Crippen LogP contribution is -2.44. The predicted octanol–water partition coefficient (Wildman–Crippen LogP) is 2.67. The summed E-state index contributed by atoms with van der Waals surface area (Å²) in [6.45, 7) is 3.63. The van der Waals surface area contributed by atoms with E-state index in [1.54, 1.807) is 48.5 Å². The molecule has 3 aromatic rings. The zero-order valence-corrected chi connectivity index (χ0v) is 20.3. The summed E-state index contributed by atoms with van der Waals surface area (Å²) < 4.78 is 2.45. The van der Waals surface area contributed by atoms with Crippen LogP contribution in [0.25, 0.3) is 16.6 Å². The molecule has 8 nitrogen and oxygen atoms in total. The van der Waals surface area contributed by atoms with Crippen LogP contribution in [0.3, 0.4) is 0 Å². The number of nitrogens with zero attached hydrogens (tertiary/aromatic N) is 2. The standard InChI is InChI=1S/C27H32N4O4/c1-18(2)28-24(32)16-19-12-14-21(15-13-19)31-26(34)22-10-6-7-11-23(22)30(27(31)35)17-25(33)29-20-8-4-3-5-9-20/h6-7,10-15,18,20H,3-5,8-9,16-17H2,1-2H3,(H,28,32)(H,29,33). The average molecular weight is 477 g/mol. The van der Waals surface area contributed by atoms with Gasteiger partial charge < -0.3 is 10.6 Å². The molecule has 1 saturated carbocycles. The Morgan fingerprint density at radius 2 is 1.63 bits per heavy atom. The summed E-state index contributed by atoms with van der Waals surface area (Å²) in [6, 6.07) is 13.8. The van der Waals surface area contributed by atoms with Crippen LogP contribution in [0.5, 0.6) is 0 Å². The van der Waals surface area contributed by atoms with Gasteiger partial charge in [0.2, 0.25) is 11.8 Å². The van der Waals surface area contributed by atoms with Crippen LogP contribution in [-0.4, -0.2) is 33.0 Å². The minimum absolute atomic E-state index is 0.0479. The molecule has 8 heteroatoms. The third kappa shape index (κ3) is 5.70. The number of rotatable bonds is 7. The molecule has 0 unspecified atom stereocenters. The number of hydrogen-bond acceptors (Lipinski definition) is 4. The molecule has 1 aliphatic rings. The van der Waals surface area contributed by atoms with Crippen LogP contribution in [0.1, 0.15) is 51.5 Å². The topological polar surface area (TPSA) is 102 Å². The van der Waals surface area contributed by atoms with Gasteiger partial charge in [0.05, 0.1) is 23.0 Å². The van der Waals surface area contributed by atoms with Gasteiger partial charge in [-0.25, -0.2) is 9.36 Å². The second kappa shape index (κ2) is 10.7. The highest BCUT2D eigenvalue weighted by Gasteiger charge is 2.19. The number of amides is 2. The second-order valence-corrected chi connectivity index (χ2v) is 9.49. The highest BCUT2D eigenvalue weighted by atomic mass is 16.2. The monoisotopic (exact) mass is 476 g/mol. The third-order valence-corrected chi connectivity index (χ3v) is 6.33. The number of nitrogens with one attached hydrogen (secondary N) is 2. The van der Waals surface area contributed by atoms with Crippen molar-refractivity contribution in [3.05, 3.63) is 74.9 Å². The maximum atomic E-state index is 13.5. The van der Waals surface area contributed by atoms with Gasteiger partial charge in [-0.2, -0.15) is 0 Å². The van der Waals surface area contributed by atoms with E-state index in [-0.39, 0.29) is 36.9 Å². The van der Waals surface area contributed by atoms with E-state index in [4.69, 9.17) is 0 Å². The molecule has 0 saturated heterocycles. The van der Waals surface area contributed by atoms with Gasteiger partial charge in [0.1, 0.15) is 6.54 Å². The zero-order chi connectivity index (χ0) is 24.9. The fourth-order valence-corrected chi connectivity index (χ4v) is 4.69. The van der Waals surface area contributed by atoms with Crippen LogP contribution in [0.4, 0.5) is 0 Å². The van der Waals surface area contributed by atoms with E-state index in [2.05, 4.69) is 10.6 Å². The zero-order valence-electron chi connectivity index (χ0n) is 20.3. The van der Waals surface area contributed by atoms with Crippen molar-refractivity contribution in [2.75, 3.05) is 0 Å². The van der Waals surface area contributed by atoms with E-state index in [0.29, 0.717) is 16.6 Å². The van der Waals surface area contributed by atoms with E-state index in [9.17, 15) is 19.2 Å². The van der Waals surface area contributed by atoms with E-state index >= 15 is 0 Å². The van der Waals surface area contributed by atoms with Gasteiger partial charge >= 0.3 is 5.69 Å². The van der Waals surface area contributed by atoms with Gasteiger partial charge in [-0.05, 0) is 56.5 Å². The van der Waals surface area contributed by atoms with Crippen molar-refractivity contribution in [1.29, 1.82) is 0 Å². The average Bonchev–Trinajstić information content (AvgIpc) is 2.83. The molecule has 4 rings (SSSR count). The summed E-state index contributed by atoms with van der Waals surface area (Å²) in [5, 5.41) is 6.25. The number of fused-ring (bicyclic) bond motifs is 1. The molecule has 1 aromatic heterocycles. The molecule has 0 atom stereocenters. The molecule has 1 heterocycles. The second-order valence-electron chi connectivity index (χ2n) is 9.49. The fraction of sp³-hybridized carbons (Fsp3) is 0.407. The Labute approximate surface area is 204 Å².